The fourth-order valence-corrected chi connectivity index (χ4v) is 3.85. The van der Waals surface area contributed by atoms with Gasteiger partial charge in [-0.2, -0.15) is 0 Å². The van der Waals surface area contributed by atoms with Gasteiger partial charge < -0.3 is 4.74 Å². The first-order chi connectivity index (χ1) is 6.90. The van der Waals surface area contributed by atoms with E-state index in [0.717, 1.165) is 28.1 Å². The van der Waals surface area contributed by atoms with Gasteiger partial charge in [-0.1, -0.05) is 24.3 Å². The Hall–Kier alpha value is -0.763. The molecule has 2 heteroatoms. The molecule has 0 saturated carbocycles. The first-order valence-electron chi connectivity index (χ1n) is 5.28. The van der Waals surface area contributed by atoms with E-state index in [1.54, 1.807) is 11.1 Å². The van der Waals surface area contributed by atoms with Crippen molar-refractivity contribution in [2.75, 3.05) is 6.61 Å². The first-order valence-corrected chi connectivity index (χ1v) is 6.86. The van der Waals surface area contributed by atoms with Crippen molar-refractivity contribution in [1.29, 1.82) is 0 Å². The normalized spacial score (nSPS) is 33.9. The van der Waals surface area contributed by atoms with Gasteiger partial charge in [0.25, 0.3) is 0 Å². The molecule has 0 aromatic carbocycles. The second-order valence-electron chi connectivity index (χ2n) is 4.18. The topological polar surface area (TPSA) is 9.23 Å². The highest BCUT2D eigenvalue weighted by molar-refractivity contribution is 6.37. The van der Waals surface area contributed by atoms with Crippen LogP contribution in [0.3, 0.4) is 0 Å². The monoisotopic (exact) mass is 202 g/mol. The summed E-state index contributed by atoms with van der Waals surface area (Å²) in [5, 5.41) is 0. The minimum Gasteiger partial charge on any atom is -0.493 e. The fraction of sp³-hybridized carbons (Fsp3) is 0.500. The molecule has 1 nitrogen and oxygen atoms in total. The van der Waals surface area contributed by atoms with Gasteiger partial charge in [0.1, 0.15) is 12.4 Å². The molecule has 0 fully saturated rings. The molecule has 2 aliphatic carbocycles. The number of rotatable bonds is 1. The molecular weight excluding hydrogens is 188 g/mol. The van der Waals surface area contributed by atoms with E-state index in [4.69, 9.17) is 4.74 Å². The van der Waals surface area contributed by atoms with E-state index < -0.39 is 0 Å². The summed E-state index contributed by atoms with van der Waals surface area (Å²) in [5.41, 5.74) is 4.21. The Balaban J connectivity index is 1.94. The predicted molar refractivity (Wildman–Crippen MR) is 58.3 cm³/mol. The SMILES string of the molecule is C[Si]C1CC2=C1C1CC=CC=C1OC2. The summed E-state index contributed by atoms with van der Waals surface area (Å²) < 4.78 is 5.76. The zero-order valence-corrected chi connectivity index (χ0v) is 9.42. The summed E-state index contributed by atoms with van der Waals surface area (Å²) in [4.78, 5) is 0. The zero-order valence-electron chi connectivity index (χ0n) is 8.42. The molecule has 72 valence electrons. The lowest BCUT2D eigenvalue weighted by Gasteiger charge is -2.43. The van der Waals surface area contributed by atoms with Gasteiger partial charge in [0.15, 0.2) is 0 Å². The van der Waals surface area contributed by atoms with Crippen LogP contribution in [-0.2, 0) is 4.74 Å². The van der Waals surface area contributed by atoms with Crippen LogP contribution in [0.2, 0.25) is 12.1 Å². The van der Waals surface area contributed by atoms with Gasteiger partial charge in [-0.25, -0.2) is 0 Å². The molecule has 2 atom stereocenters. The highest BCUT2D eigenvalue weighted by Crippen LogP contribution is 2.50. The van der Waals surface area contributed by atoms with Crippen LogP contribution in [0.1, 0.15) is 12.8 Å². The smallest absolute Gasteiger partial charge is 0.109 e. The maximum atomic E-state index is 5.76. The van der Waals surface area contributed by atoms with E-state index in [9.17, 15) is 0 Å². The van der Waals surface area contributed by atoms with Crippen molar-refractivity contribution in [1.82, 2.24) is 0 Å². The number of ether oxygens (including phenoxy) is 1. The fourth-order valence-electron chi connectivity index (χ4n) is 2.69. The Morgan fingerprint density at radius 2 is 2.43 bits per heavy atom. The van der Waals surface area contributed by atoms with Gasteiger partial charge in [-0.3, -0.25) is 0 Å². The zero-order chi connectivity index (χ0) is 9.54. The summed E-state index contributed by atoms with van der Waals surface area (Å²) in [5.74, 6) is 1.82. The quantitative estimate of drug-likeness (QED) is 0.469. The predicted octanol–water partition coefficient (Wildman–Crippen LogP) is 2.72. The van der Waals surface area contributed by atoms with Crippen molar-refractivity contribution in [2.24, 2.45) is 5.92 Å². The van der Waals surface area contributed by atoms with E-state index >= 15 is 0 Å². The lowest BCUT2D eigenvalue weighted by atomic mass is 9.75. The Labute approximate surface area is 87.4 Å². The molecule has 2 radical (unpaired) electrons. The minimum absolute atomic E-state index is 0.606. The molecule has 3 rings (SSSR count). The maximum absolute atomic E-state index is 5.76. The second kappa shape index (κ2) is 3.12. The standard InChI is InChI=1S/C12H14OSi/c1-14-11-6-8-7-13-10-5-3-2-4-9(10)12(8)11/h2-3,5,9,11H,4,6-7H2,1H3. The van der Waals surface area contributed by atoms with E-state index in [1.807, 2.05) is 0 Å². The van der Waals surface area contributed by atoms with Crippen LogP contribution in [0.25, 0.3) is 0 Å². The summed E-state index contributed by atoms with van der Waals surface area (Å²) in [6.07, 6.45) is 9.00. The van der Waals surface area contributed by atoms with Gasteiger partial charge in [0, 0.05) is 15.4 Å². The summed E-state index contributed by atoms with van der Waals surface area (Å²) in [6, 6.07) is 0. The van der Waals surface area contributed by atoms with Crippen LogP contribution in [-0.4, -0.2) is 16.1 Å². The van der Waals surface area contributed by atoms with Crippen LogP contribution in [0.5, 0.6) is 0 Å². The molecule has 3 aliphatic rings. The maximum Gasteiger partial charge on any atom is 0.109 e. The third kappa shape index (κ3) is 1.07. The van der Waals surface area contributed by atoms with Crippen molar-refractivity contribution in [2.45, 2.75) is 24.9 Å². The van der Waals surface area contributed by atoms with Gasteiger partial charge >= 0.3 is 0 Å². The Morgan fingerprint density at radius 3 is 3.29 bits per heavy atom. The van der Waals surface area contributed by atoms with Crippen LogP contribution in [0.15, 0.2) is 35.1 Å². The molecule has 0 amide bonds. The third-order valence-corrected chi connectivity index (χ3v) is 4.69. The molecular formula is C12H14OSi. The summed E-state index contributed by atoms with van der Waals surface area (Å²) in [6.45, 7) is 3.19. The summed E-state index contributed by atoms with van der Waals surface area (Å²) in [7, 11) is 1.07. The Bertz CT molecular complexity index is 351. The molecule has 0 saturated heterocycles. The number of hydrogen-bond donors (Lipinski definition) is 0. The summed E-state index contributed by atoms with van der Waals surface area (Å²) >= 11 is 0. The van der Waals surface area contributed by atoms with Crippen LogP contribution in [0.4, 0.5) is 0 Å². The van der Waals surface area contributed by atoms with Gasteiger partial charge in [0.2, 0.25) is 0 Å². The van der Waals surface area contributed by atoms with Crippen molar-refractivity contribution < 1.29 is 4.74 Å². The number of hydrogen-bond acceptors (Lipinski definition) is 1. The molecule has 0 N–H and O–H groups in total. The Morgan fingerprint density at radius 1 is 1.50 bits per heavy atom. The lowest BCUT2D eigenvalue weighted by Crippen LogP contribution is -2.32. The van der Waals surface area contributed by atoms with Crippen molar-refractivity contribution >= 4 is 9.52 Å². The second-order valence-corrected chi connectivity index (χ2v) is 5.45. The van der Waals surface area contributed by atoms with Crippen molar-refractivity contribution in [3.8, 4) is 0 Å². The number of allylic oxidation sites excluding steroid dienone is 4. The molecule has 1 heterocycles. The van der Waals surface area contributed by atoms with E-state index in [2.05, 4.69) is 24.8 Å². The minimum atomic E-state index is 0.606. The average molecular weight is 202 g/mol. The van der Waals surface area contributed by atoms with Crippen LogP contribution in [0, 0.1) is 5.92 Å². The van der Waals surface area contributed by atoms with Crippen molar-refractivity contribution in [3.63, 3.8) is 0 Å². The molecule has 0 bridgehead atoms. The van der Waals surface area contributed by atoms with Crippen molar-refractivity contribution in [3.05, 3.63) is 35.1 Å². The largest absolute Gasteiger partial charge is 0.493 e. The van der Waals surface area contributed by atoms with Crippen LogP contribution < -0.4 is 0 Å². The molecule has 14 heavy (non-hydrogen) atoms. The van der Waals surface area contributed by atoms with Gasteiger partial charge in [-0.05, 0) is 30.0 Å². The van der Waals surface area contributed by atoms with Gasteiger partial charge in [-0.15, -0.1) is 0 Å². The van der Waals surface area contributed by atoms with E-state index in [1.165, 1.54) is 12.2 Å². The third-order valence-electron chi connectivity index (χ3n) is 3.48. The molecule has 0 aromatic rings. The van der Waals surface area contributed by atoms with E-state index in [0.29, 0.717) is 5.92 Å². The lowest BCUT2D eigenvalue weighted by molar-refractivity contribution is 0.174. The Kier molecular flexibility index (Phi) is 1.91. The molecule has 1 aliphatic heterocycles. The van der Waals surface area contributed by atoms with E-state index in [-0.39, 0.29) is 0 Å². The van der Waals surface area contributed by atoms with Crippen LogP contribution >= 0.6 is 0 Å². The highest BCUT2D eigenvalue weighted by Gasteiger charge is 2.39. The average Bonchev–Trinajstić information content (AvgIpc) is 2.18. The first kappa shape index (κ1) is 8.54. The van der Waals surface area contributed by atoms with Gasteiger partial charge in [0.05, 0.1) is 0 Å². The molecule has 0 spiro atoms. The molecule has 2 unspecified atom stereocenters. The molecule has 0 aromatic heterocycles. The highest BCUT2D eigenvalue weighted by atomic mass is 28.2. The number of fused-ring (bicyclic) bond motifs is 2.